The number of carbonyl (C=O) groups excluding carboxylic acids is 1. The summed E-state index contributed by atoms with van der Waals surface area (Å²) in [5.74, 6) is -0.342. The summed E-state index contributed by atoms with van der Waals surface area (Å²) in [6.45, 7) is 4.49. The van der Waals surface area contributed by atoms with Crippen LogP contribution < -0.4 is 5.32 Å². The topological polar surface area (TPSA) is 99.0 Å². The maximum atomic E-state index is 10.8. The van der Waals surface area contributed by atoms with Crippen molar-refractivity contribution in [3.63, 3.8) is 0 Å². The second-order valence-electron chi connectivity index (χ2n) is 3.60. The van der Waals surface area contributed by atoms with Gasteiger partial charge in [-0.1, -0.05) is 0 Å². The average Bonchev–Trinajstić information content (AvgIpc) is 2.18. The SMILES string of the molecule is [CH2][C@@H]1OC(CO)[C@@H](O)[C@H](O)C1NC(C)=O. The highest BCUT2D eigenvalue weighted by atomic mass is 16.5. The van der Waals surface area contributed by atoms with E-state index in [1.165, 1.54) is 6.92 Å². The Morgan fingerprint density at radius 1 is 1.47 bits per heavy atom. The summed E-state index contributed by atoms with van der Waals surface area (Å²) < 4.78 is 5.15. The minimum atomic E-state index is -1.23. The molecule has 6 heteroatoms. The molecule has 5 atom stereocenters. The highest BCUT2D eigenvalue weighted by molar-refractivity contribution is 5.73. The zero-order valence-electron chi connectivity index (χ0n) is 8.46. The predicted octanol–water partition coefficient (Wildman–Crippen LogP) is -2.19. The van der Waals surface area contributed by atoms with Crippen LogP contribution in [0.15, 0.2) is 0 Å². The first-order valence-electron chi connectivity index (χ1n) is 4.70. The first-order valence-corrected chi connectivity index (χ1v) is 4.70. The summed E-state index contributed by atoms with van der Waals surface area (Å²) in [5.41, 5.74) is 0. The van der Waals surface area contributed by atoms with Crippen LogP contribution in [-0.4, -0.2) is 58.3 Å². The van der Waals surface area contributed by atoms with Crippen molar-refractivity contribution < 1.29 is 24.9 Å². The van der Waals surface area contributed by atoms with Crippen LogP contribution in [0, 0.1) is 6.92 Å². The van der Waals surface area contributed by atoms with E-state index in [0.29, 0.717) is 0 Å². The zero-order chi connectivity index (χ0) is 11.6. The maximum Gasteiger partial charge on any atom is 0.217 e. The van der Waals surface area contributed by atoms with Crippen LogP contribution in [0.25, 0.3) is 0 Å². The lowest BCUT2D eigenvalue weighted by Gasteiger charge is -2.41. The molecule has 1 radical (unpaired) electrons. The van der Waals surface area contributed by atoms with E-state index < -0.39 is 37.1 Å². The third kappa shape index (κ3) is 2.66. The lowest BCUT2D eigenvalue weighted by molar-refractivity contribution is -0.184. The number of amides is 1. The van der Waals surface area contributed by atoms with Gasteiger partial charge in [-0.25, -0.2) is 0 Å². The summed E-state index contributed by atoms with van der Waals surface area (Å²) in [7, 11) is 0. The standard InChI is InChI=1S/C9H16NO5/c1-4-7(10-5(2)12)9(14)8(13)6(3-11)15-4/h4,6-9,11,13-14H,1,3H2,2H3,(H,10,12)/t4-,6?,7?,8+,9+/m0/s1. The van der Waals surface area contributed by atoms with E-state index in [4.69, 9.17) is 9.84 Å². The van der Waals surface area contributed by atoms with Gasteiger partial charge in [0.05, 0.1) is 18.8 Å². The Hall–Kier alpha value is -0.690. The highest BCUT2D eigenvalue weighted by Gasteiger charge is 2.42. The molecule has 1 amide bonds. The van der Waals surface area contributed by atoms with Crippen molar-refractivity contribution in [1.82, 2.24) is 5.32 Å². The smallest absolute Gasteiger partial charge is 0.217 e. The molecule has 15 heavy (non-hydrogen) atoms. The van der Waals surface area contributed by atoms with E-state index in [1.807, 2.05) is 0 Å². The lowest BCUT2D eigenvalue weighted by atomic mass is 9.93. The molecule has 2 unspecified atom stereocenters. The van der Waals surface area contributed by atoms with Crippen LogP contribution in [0.5, 0.6) is 0 Å². The molecule has 1 aliphatic rings. The van der Waals surface area contributed by atoms with E-state index in [9.17, 15) is 15.0 Å². The van der Waals surface area contributed by atoms with E-state index in [0.717, 1.165) is 0 Å². The number of hydrogen-bond acceptors (Lipinski definition) is 5. The van der Waals surface area contributed by atoms with Gasteiger partial charge in [0.15, 0.2) is 0 Å². The summed E-state index contributed by atoms with van der Waals surface area (Å²) in [6, 6.07) is -0.764. The summed E-state index contributed by atoms with van der Waals surface area (Å²) in [6.07, 6.45) is -4.00. The van der Waals surface area contributed by atoms with E-state index >= 15 is 0 Å². The number of ether oxygens (including phenoxy) is 1. The van der Waals surface area contributed by atoms with Gasteiger partial charge in [0.1, 0.15) is 18.3 Å². The van der Waals surface area contributed by atoms with Crippen LogP contribution in [0.3, 0.4) is 0 Å². The molecule has 87 valence electrons. The summed E-state index contributed by atoms with van der Waals surface area (Å²) in [4.78, 5) is 10.8. The second kappa shape index (κ2) is 4.89. The molecule has 0 bridgehead atoms. The molecule has 0 aromatic carbocycles. The van der Waals surface area contributed by atoms with Crippen molar-refractivity contribution in [3.8, 4) is 0 Å². The summed E-state index contributed by atoms with van der Waals surface area (Å²) in [5, 5.41) is 30.5. The Balaban J connectivity index is 2.70. The molecular weight excluding hydrogens is 202 g/mol. The molecule has 4 N–H and O–H groups in total. The number of aliphatic hydroxyl groups is 3. The third-order valence-electron chi connectivity index (χ3n) is 2.40. The minimum absolute atomic E-state index is 0.342. The van der Waals surface area contributed by atoms with Crippen LogP contribution >= 0.6 is 0 Å². The van der Waals surface area contributed by atoms with E-state index in [-0.39, 0.29) is 5.91 Å². The third-order valence-corrected chi connectivity index (χ3v) is 2.40. The molecule has 0 aliphatic carbocycles. The molecule has 0 spiro atoms. The monoisotopic (exact) mass is 218 g/mol. The number of carbonyl (C=O) groups is 1. The molecule has 1 rings (SSSR count). The quantitative estimate of drug-likeness (QED) is 0.422. The fourth-order valence-corrected chi connectivity index (χ4v) is 1.61. The van der Waals surface area contributed by atoms with Crippen molar-refractivity contribution in [2.45, 2.75) is 37.4 Å². The first-order chi connectivity index (χ1) is 6.97. The van der Waals surface area contributed by atoms with Crippen molar-refractivity contribution in [2.24, 2.45) is 0 Å². The Morgan fingerprint density at radius 2 is 2.07 bits per heavy atom. The Labute approximate surface area is 87.9 Å². The summed E-state index contributed by atoms with van der Waals surface area (Å²) >= 11 is 0. The Morgan fingerprint density at radius 3 is 2.53 bits per heavy atom. The molecule has 6 nitrogen and oxygen atoms in total. The maximum absolute atomic E-state index is 10.8. The van der Waals surface area contributed by atoms with Gasteiger partial charge in [-0.05, 0) is 6.92 Å². The lowest BCUT2D eigenvalue weighted by Crippen LogP contribution is -2.63. The molecule has 0 aromatic rings. The number of nitrogens with one attached hydrogen (secondary N) is 1. The van der Waals surface area contributed by atoms with Gasteiger partial charge in [-0.3, -0.25) is 4.79 Å². The van der Waals surface area contributed by atoms with Crippen LogP contribution in [0.2, 0.25) is 0 Å². The van der Waals surface area contributed by atoms with Gasteiger partial charge in [-0.2, -0.15) is 0 Å². The van der Waals surface area contributed by atoms with Gasteiger partial charge in [0, 0.05) is 6.92 Å². The van der Waals surface area contributed by atoms with Gasteiger partial charge in [0.25, 0.3) is 0 Å². The normalized spacial score (nSPS) is 41.3. The second-order valence-corrected chi connectivity index (χ2v) is 3.60. The highest BCUT2D eigenvalue weighted by Crippen LogP contribution is 2.20. The Bertz CT molecular complexity index is 235. The molecule has 1 saturated heterocycles. The minimum Gasteiger partial charge on any atom is -0.394 e. The van der Waals surface area contributed by atoms with Crippen LogP contribution in [0.1, 0.15) is 6.92 Å². The Kier molecular flexibility index (Phi) is 4.04. The van der Waals surface area contributed by atoms with Crippen LogP contribution in [-0.2, 0) is 9.53 Å². The largest absolute Gasteiger partial charge is 0.394 e. The fraction of sp³-hybridized carbons (Fsp3) is 0.778. The predicted molar refractivity (Wildman–Crippen MR) is 50.7 cm³/mol. The van der Waals surface area contributed by atoms with Gasteiger partial charge in [0.2, 0.25) is 5.91 Å². The van der Waals surface area contributed by atoms with Gasteiger partial charge in [-0.15, -0.1) is 0 Å². The van der Waals surface area contributed by atoms with Gasteiger partial charge < -0.3 is 25.4 Å². The van der Waals surface area contributed by atoms with Crippen molar-refractivity contribution in [3.05, 3.63) is 6.92 Å². The van der Waals surface area contributed by atoms with E-state index in [2.05, 4.69) is 12.2 Å². The van der Waals surface area contributed by atoms with Crippen LogP contribution in [0.4, 0.5) is 0 Å². The fourth-order valence-electron chi connectivity index (χ4n) is 1.61. The first kappa shape index (κ1) is 12.4. The van der Waals surface area contributed by atoms with Gasteiger partial charge >= 0.3 is 0 Å². The number of hydrogen-bond donors (Lipinski definition) is 4. The number of aliphatic hydroxyl groups excluding tert-OH is 3. The molecule has 1 fully saturated rings. The van der Waals surface area contributed by atoms with Crippen molar-refractivity contribution >= 4 is 5.91 Å². The molecule has 0 saturated carbocycles. The molecule has 0 aromatic heterocycles. The molecule has 1 heterocycles. The average molecular weight is 218 g/mol. The number of rotatable bonds is 2. The molecule has 1 aliphatic heterocycles. The van der Waals surface area contributed by atoms with E-state index in [1.54, 1.807) is 0 Å². The van der Waals surface area contributed by atoms with Crippen molar-refractivity contribution in [1.29, 1.82) is 0 Å². The van der Waals surface area contributed by atoms with Crippen molar-refractivity contribution in [2.75, 3.05) is 6.61 Å². The molecular formula is C9H16NO5. The zero-order valence-corrected chi connectivity index (χ0v) is 8.46.